The number of aromatic nitrogens is 2. The Bertz CT molecular complexity index is 998. The zero-order valence-electron chi connectivity index (χ0n) is 16.3. The lowest BCUT2D eigenvalue weighted by Crippen LogP contribution is -2.35. The molecule has 2 fully saturated rings. The molecule has 8 nitrogen and oxygen atoms in total. The highest BCUT2D eigenvalue weighted by molar-refractivity contribution is 5.94. The van der Waals surface area contributed by atoms with E-state index in [1.165, 1.54) is 12.5 Å². The summed E-state index contributed by atoms with van der Waals surface area (Å²) < 4.78 is 15.6. The van der Waals surface area contributed by atoms with Crippen LogP contribution in [-0.4, -0.2) is 47.7 Å². The van der Waals surface area contributed by atoms with Gasteiger partial charge in [-0.3, -0.25) is 4.79 Å². The first-order valence-electron chi connectivity index (χ1n) is 9.66. The van der Waals surface area contributed by atoms with E-state index in [-0.39, 0.29) is 17.9 Å². The van der Waals surface area contributed by atoms with E-state index < -0.39 is 0 Å². The van der Waals surface area contributed by atoms with Gasteiger partial charge in [0.2, 0.25) is 5.89 Å². The molecule has 0 radical (unpaired) electrons. The molecule has 2 saturated heterocycles. The maximum Gasteiger partial charge on any atom is 0.266 e. The van der Waals surface area contributed by atoms with Gasteiger partial charge in [-0.1, -0.05) is 12.1 Å². The van der Waals surface area contributed by atoms with Gasteiger partial charge in [0.1, 0.15) is 12.0 Å². The van der Waals surface area contributed by atoms with Gasteiger partial charge in [0.05, 0.1) is 25.0 Å². The van der Waals surface area contributed by atoms with Crippen molar-refractivity contribution in [1.82, 2.24) is 15.0 Å². The monoisotopic (exact) mass is 394 g/mol. The molecule has 3 aromatic rings. The summed E-state index contributed by atoms with van der Waals surface area (Å²) in [6.45, 7) is 4.04. The minimum Gasteiger partial charge on any atom is -0.497 e. The minimum atomic E-state index is -0.0358. The Morgan fingerprint density at radius 1 is 1.17 bits per heavy atom. The topological polar surface area (TPSA) is 84.8 Å². The van der Waals surface area contributed by atoms with Gasteiger partial charge in [-0.2, -0.15) is 4.98 Å². The summed E-state index contributed by atoms with van der Waals surface area (Å²) >= 11 is 0. The molecule has 3 atom stereocenters. The molecule has 29 heavy (non-hydrogen) atoms. The number of carbonyl (C=O) groups is 1. The van der Waals surface area contributed by atoms with Gasteiger partial charge in [-0.05, 0) is 28.9 Å². The van der Waals surface area contributed by atoms with Gasteiger partial charge >= 0.3 is 0 Å². The van der Waals surface area contributed by atoms with Crippen LogP contribution in [0.4, 0.5) is 5.95 Å². The van der Waals surface area contributed by atoms with E-state index >= 15 is 0 Å². The van der Waals surface area contributed by atoms with Crippen LogP contribution in [0.25, 0.3) is 0 Å². The number of methoxy groups -OCH3 is 1. The van der Waals surface area contributed by atoms with Crippen LogP contribution in [0.2, 0.25) is 0 Å². The second kappa shape index (κ2) is 6.95. The number of rotatable bonds is 4. The molecule has 0 spiro atoms. The van der Waals surface area contributed by atoms with Crippen LogP contribution in [0.15, 0.2) is 51.8 Å². The van der Waals surface area contributed by atoms with E-state index in [9.17, 15) is 4.79 Å². The summed E-state index contributed by atoms with van der Waals surface area (Å²) in [4.78, 5) is 21.7. The summed E-state index contributed by atoms with van der Waals surface area (Å²) in [7, 11) is 1.65. The largest absolute Gasteiger partial charge is 0.497 e. The summed E-state index contributed by atoms with van der Waals surface area (Å²) in [5.74, 6) is 2.58. The Morgan fingerprint density at radius 2 is 2.00 bits per heavy atom. The predicted octanol–water partition coefficient (Wildman–Crippen LogP) is 2.93. The van der Waals surface area contributed by atoms with Gasteiger partial charge in [0, 0.05) is 38.4 Å². The van der Waals surface area contributed by atoms with Crippen molar-refractivity contribution in [3.8, 4) is 5.75 Å². The first-order chi connectivity index (χ1) is 14.1. The number of nitrogens with zero attached hydrogens (tertiary/aromatic N) is 4. The number of ether oxygens (including phenoxy) is 1. The van der Waals surface area contributed by atoms with Crippen molar-refractivity contribution in [2.24, 2.45) is 11.8 Å². The molecule has 0 aliphatic carbocycles. The van der Waals surface area contributed by atoms with Crippen LogP contribution >= 0.6 is 0 Å². The van der Waals surface area contributed by atoms with Crippen LogP contribution in [0.3, 0.4) is 0 Å². The van der Waals surface area contributed by atoms with Gasteiger partial charge in [-0.25, -0.2) is 0 Å². The molecule has 1 amide bonds. The van der Waals surface area contributed by atoms with Crippen LogP contribution in [0, 0.1) is 18.8 Å². The lowest BCUT2D eigenvalue weighted by atomic mass is 9.89. The van der Waals surface area contributed by atoms with Crippen molar-refractivity contribution < 1.29 is 18.5 Å². The smallest absolute Gasteiger partial charge is 0.266 e. The van der Waals surface area contributed by atoms with Crippen LogP contribution in [0.5, 0.6) is 5.75 Å². The van der Waals surface area contributed by atoms with Crippen molar-refractivity contribution in [1.29, 1.82) is 0 Å². The highest BCUT2D eigenvalue weighted by Gasteiger charge is 2.50. The van der Waals surface area contributed by atoms with Crippen molar-refractivity contribution in [2.45, 2.75) is 13.0 Å². The summed E-state index contributed by atoms with van der Waals surface area (Å²) in [6.07, 6.45) is 3.04. The van der Waals surface area contributed by atoms with Crippen molar-refractivity contribution >= 4 is 11.9 Å². The maximum atomic E-state index is 13.2. The average molecular weight is 394 g/mol. The molecule has 5 rings (SSSR count). The molecule has 2 aliphatic rings. The molecule has 1 aromatic carbocycles. The van der Waals surface area contributed by atoms with E-state index in [1.54, 1.807) is 20.1 Å². The lowest BCUT2D eigenvalue weighted by molar-refractivity contribution is 0.0715. The fourth-order valence-electron chi connectivity index (χ4n) is 4.61. The van der Waals surface area contributed by atoms with Crippen molar-refractivity contribution in [2.75, 3.05) is 31.6 Å². The third-order valence-corrected chi connectivity index (χ3v) is 5.95. The van der Waals surface area contributed by atoms with Gasteiger partial charge in [0.25, 0.3) is 11.9 Å². The van der Waals surface area contributed by atoms with Gasteiger partial charge in [-0.15, -0.1) is 0 Å². The predicted molar refractivity (Wildman–Crippen MR) is 104 cm³/mol. The number of anilines is 1. The summed E-state index contributed by atoms with van der Waals surface area (Å²) in [5.41, 5.74) is 1.68. The second-order valence-corrected chi connectivity index (χ2v) is 7.63. The highest BCUT2D eigenvalue weighted by atomic mass is 16.5. The Hall–Kier alpha value is -3.29. The van der Waals surface area contributed by atoms with E-state index in [0.717, 1.165) is 24.4 Å². The molecule has 2 aromatic heterocycles. The summed E-state index contributed by atoms with van der Waals surface area (Å²) in [5, 5.41) is 4.07. The third-order valence-electron chi connectivity index (χ3n) is 5.95. The summed E-state index contributed by atoms with van der Waals surface area (Å²) in [6, 6.07) is 9.66. The maximum absolute atomic E-state index is 13.2. The number of aryl methyl sites for hydroxylation is 1. The van der Waals surface area contributed by atoms with E-state index in [1.807, 2.05) is 29.2 Å². The molecule has 0 N–H and O–H groups in total. The molecular weight excluding hydrogens is 372 g/mol. The zero-order chi connectivity index (χ0) is 20.0. The number of amides is 1. The third kappa shape index (κ3) is 3.04. The van der Waals surface area contributed by atoms with E-state index in [4.69, 9.17) is 13.7 Å². The van der Waals surface area contributed by atoms with Gasteiger partial charge in [0.15, 0.2) is 0 Å². The number of carbonyl (C=O) groups excluding carboxylic acids is 1. The van der Waals surface area contributed by atoms with Crippen molar-refractivity contribution in [3.05, 3.63) is 59.9 Å². The number of furan rings is 1. The molecular formula is C21H22N4O4. The number of hydrogen-bond acceptors (Lipinski definition) is 7. The van der Waals surface area contributed by atoms with Crippen molar-refractivity contribution in [3.63, 3.8) is 0 Å². The quantitative estimate of drug-likeness (QED) is 0.673. The van der Waals surface area contributed by atoms with Crippen LogP contribution in [-0.2, 0) is 0 Å². The van der Waals surface area contributed by atoms with Crippen LogP contribution in [0.1, 0.15) is 27.9 Å². The second-order valence-electron chi connectivity index (χ2n) is 7.63. The Labute approximate surface area is 168 Å². The number of likely N-dealkylation sites (tertiary alicyclic amines) is 1. The average Bonchev–Trinajstić information content (AvgIpc) is 3.50. The molecule has 0 bridgehead atoms. The fourth-order valence-corrected chi connectivity index (χ4v) is 4.61. The normalized spacial score (nSPS) is 23.4. The lowest BCUT2D eigenvalue weighted by Gasteiger charge is -2.29. The Balaban J connectivity index is 1.47. The Kier molecular flexibility index (Phi) is 4.26. The highest BCUT2D eigenvalue weighted by Crippen LogP contribution is 2.46. The molecule has 4 heterocycles. The van der Waals surface area contributed by atoms with E-state index in [2.05, 4.69) is 15.0 Å². The Morgan fingerprint density at radius 3 is 2.66 bits per heavy atom. The fraction of sp³-hybridized carbons (Fsp3) is 0.381. The van der Waals surface area contributed by atoms with E-state index in [0.29, 0.717) is 29.9 Å². The van der Waals surface area contributed by atoms with Gasteiger partial charge < -0.3 is 23.5 Å². The zero-order valence-corrected chi connectivity index (χ0v) is 16.3. The number of benzene rings is 1. The molecule has 8 heteroatoms. The van der Waals surface area contributed by atoms with Crippen LogP contribution < -0.4 is 9.64 Å². The first kappa shape index (κ1) is 17.8. The number of hydrogen-bond donors (Lipinski definition) is 0. The standard InChI is InChI=1S/C21H22N4O4/c1-13-22-21(23-29-13)24-9-16-10-25(20(26)15-7-8-28-12-15)19(18(16)11-24)14-3-5-17(27-2)6-4-14/h3-8,12,16,18-19H,9-11H2,1-2H3/t16-,18-,19-/m0/s1. The SMILES string of the molecule is COc1ccc([C@H]2[C@H]3CN(c4noc(C)n4)C[C@H]3CN2C(=O)c2ccoc2)cc1. The number of fused-ring (bicyclic) bond motifs is 1. The molecule has 0 saturated carbocycles. The molecule has 2 aliphatic heterocycles. The molecule has 150 valence electrons. The minimum absolute atomic E-state index is 0.00377. The first-order valence-corrected chi connectivity index (χ1v) is 9.66. The molecule has 0 unspecified atom stereocenters.